The number of aryl methyl sites for hydroxylation is 1. The molecule has 0 radical (unpaired) electrons. The number of nitrogens with zero attached hydrogens (tertiary/aromatic N) is 2. The number of Topliss-reactive ketones (excluding diaryl/α,β-unsaturated/α-hetero) is 1. The minimum absolute atomic E-state index is 0.404. The van der Waals surface area contributed by atoms with Crippen molar-refractivity contribution in [1.29, 1.82) is 0 Å². The van der Waals surface area contributed by atoms with E-state index in [9.17, 15) is 4.79 Å². The lowest BCUT2D eigenvalue weighted by Gasteiger charge is -2.24. The maximum Gasteiger partial charge on any atom is 0.135 e. The van der Waals surface area contributed by atoms with E-state index in [1.165, 1.54) is 4.88 Å². The first kappa shape index (κ1) is 9.80. The molecular weight excluding hydrogens is 196 g/mol. The van der Waals surface area contributed by atoms with Crippen LogP contribution in [0.1, 0.15) is 22.7 Å². The van der Waals surface area contributed by atoms with Gasteiger partial charge in [0.25, 0.3) is 0 Å². The molecule has 3 nitrogen and oxygen atoms in total. The van der Waals surface area contributed by atoms with Gasteiger partial charge >= 0.3 is 0 Å². The molecule has 1 aliphatic heterocycles. The molecule has 1 aromatic heterocycles. The smallest absolute Gasteiger partial charge is 0.135 e. The Hall–Kier alpha value is -0.740. The third kappa shape index (κ3) is 2.39. The highest BCUT2D eigenvalue weighted by atomic mass is 32.1. The topological polar surface area (TPSA) is 33.2 Å². The summed E-state index contributed by atoms with van der Waals surface area (Å²) in [6, 6.07) is 0. The van der Waals surface area contributed by atoms with E-state index >= 15 is 0 Å². The summed E-state index contributed by atoms with van der Waals surface area (Å²) >= 11 is 1.74. The summed E-state index contributed by atoms with van der Waals surface area (Å²) in [5, 5.41) is 1.12. The average Bonchev–Trinajstić information content (AvgIpc) is 2.56. The van der Waals surface area contributed by atoms with Crippen LogP contribution in [0.3, 0.4) is 0 Å². The van der Waals surface area contributed by atoms with Crippen molar-refractivity contribution in [2.45, 2.75) is 26.3 Å². The van der Waals surface area contributed by atoms with Crippen molar-refractivity contribution in [1.82, 2.24) is 9.88 Å². The molecule has 0 atom stereocenters. The van der Waals surface area contributed by atoms with E-state index in [1.54, 1.807) is 11.3 Å². The third-order valence-corrected chi connectivity index (χ3v) is 3.36. The molecule has 0 spiro atoms. The van der Waals surface area contributed by atoms with E-state index < -0.39 is 0 Å². The van der Waals surface area contributed by atoms with Crippen LogP contribution in [0.25, 0.3) is 0 Å². The molecule has 2 rings (SSSR count). The molecule has 1 saturated heterocycles. The van der Waals surface area contributed by atoms with Gasteiger partial charge in [0.2, 0.25) is 0 Å². The van der Waals surface area contributed by atoms with Crippen molar-refractivity contribution in [2.75, 3.05) is 13.1 Å². The van der Waals surface area contributed by atoms with Gasteiger partial charge in [-0.25, -0.2) is 4.98 Å². The number of carbonyl (C=O) groups is 1. The average molecular weight is 210 g/mol. The Morgan fingerprint density at radius 2 is 2.21 bits per heavy atom. The standard InChI is InChI=1S/C10H14N2OS/c1-8-11-6-10(14-8)7-12-4-2-9(13)3-5-12/h6H,2-5,7H2,1H3. The highest BCUT2D eigenvalue weighted by Crippen LogP contribution is 2.16. The van der Waals surface area contributed by atoms with Crippen LogP contribution in [-0.2, 0) is 11.3 Å². The molecule has 0 N–H and O–H groups in total. The number of piperidine rings is 1. The summed E-state index contributed by atoms with van der Waals surface area (Å²) in [4.78, 5) is 18.9. The Morgan fingerprint density at radius 1 is 1.50 bits per heavy atom. The minimum atomic E-state index is 0.404. The van der Waals surface area contributed by atoms with E-state index in [2.05, 4.69) is 9.88 Å². The van der Waals surface area contributed by atoms with Crippen LogP contribution < -0.4 is 0 Å². The Labute approximate surface area is 87.8 Å². The molecule has 2 heterocycles. The second kappa shape index (κ2) is 4.19. The second-order valence-electron chi connectivity index (χ2n) is 3.66. The van der Waals surface area contributed by atoms with E-state index in [4.69, 9.17) is 0 Å². The van der Waals surface area contributed by atoms with Gasteiger partial charge in [0.15, 0.2) is 0 Å². The fourth-order valence-corrected chi connectivity index (χ4v) is 2.50. The van der Waals surface area contributed by atoms with Gasteiger partial charge in [-0.1, -0.05) is 0 Å². The Kier molecular flexibility index (Phi) is 2.93. The second-order valence-corrected chi connectivity index (χ2v) is 4.98. The fourth-order valence-electron chi connectivity index (χ4n) is 1.66. The Bertz CT molecular complexity index is 325. The molecule has 76 valence electrons. The SMILES string of the molecule is Cc1ncc(CN2CCC(=O)CC2)s1. The Balaban J connectivity index is 1.89. The van der Waals surface area contributed by atoms with Crippen LogP contribution in [-0.4, -0.2) is 28.8 Å². The predicted molar refractivity (Wildman–Crippen MR) is 56.4 cm³/mol. The molecule has 0 unspecified atom stereocenters. The lowest BCUT2D eigenvalue weighted by molar-refractivity contribution is -0.121. The molecule has 14 heavy (non-hydrogen) atoms. The normalized spacial score (nSPS) is 18.8. The highest BCUT2D eigenvalue weighted by Gasteiger charge is 2.16. The number of hydrogen-bond donors (Lipinski definition) is 0. The van der Waals surface area contributed by atoms with Crippen LogP contribution in [0.4, 0.5) is 0 Å². The first-order chi connectivity index (χ1) is 6.74. The van der Waals surface area contributed by atoms with Crippen molar-refractivity contribution in [3.8, 4) is 0 Å². The van der Waals surface area contributed by atoms with E-state index in [0.717, 1.165) is 37.5 Å². The molecular formula is C10H14N2OS. The molecule has 1 fully saturated rings. The number of carbonyl (C=O) groups excluding carboxylic acids is 1. The van der Waals surface area contributed by atoms with Crippen LogP contribution >= 0.6 is 11.3 Å². The van der Waals surface area contributed by atoms with E-state index in [-0.39, 0.29) is 0 Å². The number of thiazole rings is 1. The summed E-state index contributed by atoms with van der Waals surface area (Å²) in [6.07, 6.45) is 3.38. The maximum atomic E-state index is 11.0. The molecule has 0 aliphatic carbocycles. The summed E-state index contributed by atoms with van der Waals surface area (Å²) in [6.45, 7) is 4.80. The molecule has 1 aliphatic rings. The molecule has 4 heteroatoms. The van der Waals surface area contributed by atoms with Crippen LogP contribution in [0, 0.1) is 6.92 Å². The molecule has 0 saturated carbocycles. The zero-order chi connectivity index (χ0) is 9.97. The lowest BCUT2D eigenvalue weighted by Crippen LogP contribution is -2.32. The molecule has 0 aromatic carbocycles. The van der Waals surface area contributed by atoms with Gasteiger partial charge in [0, 0.05) is 43.5 Å². The summed E-state index contributed by atoms with van der Waals surface area (Å²) < 4.78 is 0. The summed E-state index contributed by atoms with van der Waals surface area (Å²) in [7, 11) is 0. The zero-order valence-corrected chi connectivity index (χ0v) is 9.14. The molecule has 0 amide bonds. The number of likely N-dealkylation sites (tertiary alicyclic amines) is 1. The first-order valence-corrected chi connectivity index (χ1v) is 5.71. The van der Waals surface area contributed by atoms with Gasteiger partial charge in [-0.2, -0.15) is 0 Å². The predicted octanol–water partition coefficient (Wildman–Crippen LogP) is 1.62. The van der Waals surface area contributed by atoms with Gasteiger partial charge < -0.3 is 0 Å². The van der Waals surface area contributed by atoms with Gasteiger partial charge in [-0.15, -0.1) is 11.3 Å². The van der Waals surface area contributed by atoms with Crippen LogP contribution in [0.5, 0.6) is 0 Å². The van der Waals surface area contributed by atoms with Crippen LogP contribution in [0.2, 0.25) is 0 Å². The Morgan fingerprint density at radius 3 is 2.79 bits per heavy atom. The number of ketones is 1. The van der Waals surface area contributed by atoms with Crippen molar-refractivity contribution in [2.24, 2.45) is 0 Å². The van der Waals surface area contributed by atoms with Gasteiger partial charge in [-0.3, -0.25) is 9.69 Å². The van der Waals surface area contributed by atoms with Gasteiger partial charge in [0.1, 0.15) is 5.78 Å². The molecule has 1 aromatic rings. The fraction of sp³-hybridized carbons (Fsp3) is 0.600. The van der Waals surface area contributed by atoms with Gasteiger partial charge in [0.05, 0.1) is 5.01 Å². The lowest BCUT2D eigenvalue weighted by atomic mass is 10.1. The van der Waals surface area contributed by atoms with Crippen molar-refractivity contribution in [3.05, 3.63) is 16.1 Å². The van der Waals surface area contributed by atoms with Gasteiger partial charge in [-0.05, 0) is 6.92 Å². The van der Waals surface area contributed by atoms with Crippen molar-refractivity contribution >= 4 is 17.1 Å². The monoisotopic (exact) mass is 210 g/mol. The maximum absolute atomic E-state index is 11.0. The van der Waals surface area contributed by atoms with Crippen molar-refractivity contribution in [3.63, 3.8) is 0 Å². The van der Waals surface area contributed by atoms with E-state index in [0.29, 0.717) is 5.78 Å². The number of hydrogen-bond acceptors (Lipinski definition) is 4. The number of aromatic nitrogens is 1. The van der Waals surface area contributed by atoms with Crippen molar-refractivity contribution < 1.29 is 4.79 Å². The first-order valence-electron chi connectivity index (χ1n) is 4.89. The quantitative estimate of drug-likeness (QED) is 0.743. The van der Waals surface area contributed by atoms with E-state index in [1.807, 2.05) is 13.1 Å². The number of rotatable bonds is 2. The summed E-state index contributed by atoms with van der Waals surface area (Å²) in [5.41, 5.74) is 0. The highest BCUT2D eigenvalue weighted by molar-refractivity contribution is 7.11. The zero-order valence-electron chi connectivity index (χ0n) is 8.32. The molecule has 0 bridgehead atoms. The summed E-state index contributed by atoms with van der Waals surface area (Å²) in [5.74, 6) is 0.404. The van der Waals surface area contributed by atoms with Crippen LogP contribution in [0.15, 0.2) is 6.20 Å². The largest absolute Gasteiger partial charge is 0.300 e. The third-order valence-electron chi connectivity index (χ3n) is 2.46. The minimum Gasteiger partial charge on any atom is -0.300 e.